The van der Waals surface area contributed by atoms with Crippen LogP contribution in [0, 0.1) is 0 Å². The van der Waals surface area contributed by atoms with Crippen LogP contribution in [0.5, 0.6) is 0 Å². The fourth-order valence-corrected chi connectivity index (χ4v) is 3.22. The Bertz CT molecular complexity index is 990. The van der Waals surface area contributed by atoms with Gasteiger partial charge in [0.15, 0.2) is 5.82 Å². The van der Waals surface area contributed by atoms with Crippen molar-refractivity contribution in [2.45, 2.75) is 31.9 Å². The van der Waals surface area contributed by atoms with Gasteiger partial charge in [-0.15, -0.1) is 5.10 Å². The molecule has 3 heterocycles. The maximum atomic E-state index is 12.8. The van der Waals surface area contributed by atoms with Crippen LogP contribution >= 0.6 is 0 Å². The second-order valence-corrected chi connectivity index (χ2v) is 7.95. The Kier molecular flexibility index (Phi) is 8.43. The number of aromatic nitrogens is 4. The SMILES string of the molecule is N/C(=C\N(N)CCCCn1cc(NC(=O)CN2CC(F)(F)C2)nn1)C(=O)NCc1ccccn1. The smallest absolute Gasteiger partial charge is 0.272 e. The lowest BCUT2D eigenvalue weighted by Gasteiger charge is -2.37. The van der Waals surface area contributed by atoms with Crippen molar-refractivity contribution < 1.29 is 18.4 Å². The molecule has 2 aromatic rings. The van der Waals surface area contributed by atoms with Gasteiger partial charge in [-0.2, -0.15) is 0 Å². The minimum absolute atomic E-state index is 0.0166. The second kappa shape index (κ2) is 11.5. The van der Waals surface area contributed by atoms with E-state index < -0.39 is 30.8 Å². The van der Waals surface area contributed by atoms with E-state index in [4.69, 9.17) is 11.6 Å². The minimum atomic E-state index is -2.71. The van der Waals surface area contributed by atoms with Gasteiger partial charge < -0.3 is 21.4 Å². The summed E-state index contributed by atoms with van der Waals surface area (Å²) in [5.74, 6) is 2.56. The first-order valence-electron chi connectivity index (χ1n) is 10.7. The van der Waals surface area contributed by atoms with Gasteiger partial charge in [0.25, 0.3) is 11.8 Å². The minimum Gasteiger partial charge on any atom is -0.393 e. The highest BCUT2D eigenvalue weighted by Gasteiger charge is 2.44. The van der Waals surface area contributed by atoms with Gasteiger partial charge >= 0.3 is 0 Å². The first kappa shape index (κ1) is 25.0. The van der Waals surface area contributed by atoms with Gasteiger partial charge in [-0.3, -0.25) is 24.2 Å². The van der Waals surface area contributed by atoms with Crippen LogP contribution in [-0.4, -0.2) is 73.8 Å². The molecule has 1 aliphatic rings. The number of likely N-dealkylation sites (tertiary alicyclic amines) is 1. The number of nitrogens with two attached hydrogens (primary N) is 2. The van der Waals surface area contributed by atoms with Crippen molar-refractivity contribution in [1.82, 2.24) is 35.2 Å². The molecule has 0 spiro atoms. The van der Waals surface area contributed by atoms with Crippen molar-refractivity contribution >= 4 is 17.6 Å². The lowest BCUT2D eigenvalue weighted by Crippen LogP contribution is -2.57. The van der Waals surface area contributed by atoms with Crippen molar-refractivity contribution in [3.63, 3.8) is 0 Å². The number of anilines is 1. The standard InChI is InChI=1S/C20H28F2N10O2/c21-20(22)13-30(14-20)12-18(33)27-17-11-32(29-28-17)8-4-3-7-31(24)10-16(23)19(34)26-9-15-5-1-2-6-25-15/h1-2,5-6,10-11H,3-4,7-9,12-14,23-24H2,(H,26,34)(H,27,33)/b16-10-. The molecule has 0 bridgehead atoms. The molecule has 2 amide bonds. The van der Waals surface area contributed by atoms with E-state index >= 15 is 0 Å². The molecule has 0 aromatic carbocycles. The number of hydrogen-bond acceptors (Lipinski definition) is 9. The van der Waals surface area contributed by atoms with Gasteiger partial charge in [-0.25, -0.2) is 14.6 Å². The highest BCUT2D eigenvalue weighted by atomic mass is 19.3. The normalized spacial score (nSPS) is 15.4. The maximum Gasteiger partial charge on any atom is 0.272 e. The molecule has 2 aromatic heterocycles. The number of nitrogens with one attached hydrogen (secondary N) is 2. The summed E-state index contributed by atoms with van der Waals surface area (Å²) < 4.78 is 27.2. The van der Waals surface area contributed by atoms with Crippen molar-refractivity contribution in [2.75, 3.05) is 31.5 Å². The van der Waals surface area contributed by atoms with E-state index in [0.29, 0.717) is 31.6 Å². The molecule has 12 nitrogen and oxygen atoms in total. The molecule has 184 valence electrons. The number of carbonyl (C=O) groups excluding carboxylic acids is 2. The molecule has 0 atom stereocenters. The van der Waals surface area contributed by atoms with Crippen molar-refractivity contribution in [2.24, 2.45) is 11.6 Å². The topological polar surface area (TPSA) is 160 Å². The lowest BCUT2D eigenvalue weighted by atomic mass is 10.1. The van der Waals surface area contributed by atoms with Gasteiger partial charge in [-0.1, -0.05) is 11.3 Å². The van der Waals surface area contributed by atoms with Crippen molar-refractivity contribution in [3.05, 3.63) is 48.2 Å². The van der Waals surface area contributed by atoms with Crippen LogP contribution in [0.4, 0.5) is 14.6 Å². The number of hydrazine groups is 1. The summed E-state index contributed by atoms with van der Waals surface area (Å²) >= 11 is 0. The Morgan fingerprint density at radius 1 is 1.26 bits per heavy atom. The molecular formula is C20H28F2N10O2. The van der Waals surface area contributed by atoms with Gasteiger partial charge in [0.05, 0.1) is 38.1 Å². The van der Waals surface area contributed by atoms with Crippen molar-refractivity contribution in [1.29, 1.82) is 0 Å². The van der Waals surface area contributed by atoms with Crippen molar-refractivity contribution in [3.8, 4) is 0 Å². The number of carbonyl (C=O) groups is 2. The first-order chi connectivity index (χ1) is 16.2. The fraction of sp³-hybridized carbons (Fsp3) is 0.450. The van der Waals surface area contributed by atoms with Crippen LogP contribution < -0.4 is 22.2 Å². The summed E-state index contributed by atoms with van der Waals surface area (Å²) in [6.45, 7) is 0.287. The van der Waals surface area contributed by atoms with E-state index in [2.05, 4.69) is 25.9 Å². The summed E-state index contributed by atoms with van der Waals surface area (Å²) in [6.07, 6.45) is 5.95. The number of unbranched alkanes of at least 4 members (excludes halogenated alkanes) is 1. The van der Waals surface area contributed by atoms with E-state index in [1.54, 1.807) is 29.2 Å². The molecule has 0 aliphatic carbocycles. The van der Waals surface area contributed by atoms with E-state index in [1.165, 1.54) is 16.1 Å². The Hall–Kier alpha value is -3.65. The Labute approximate surface area is 194 Å². The number of pyridine rings is 1. The number of aryl methyl sites for hydroxylation is 1. The molecule has 1 fully saturated rings. The van der Waals surface area contributed by atoms with Crippen LogP contribution in [-0.2, 0) is 22.7 Å². The van der Waals surface area contributed by atoms with Gasteiger partial charge in [-0.05, 0) is 25.0 Å². The molecule has 1 aliphatic heterocycles. The predicted octanol–water partition coefficient (Wildman–Crippen LogP) is -0.365. The molecule has 0 radical (unpaired) electrons. The second-order valence-electron chi connectivity index (χ2n) is 7.95. The Morgan fingerprint density at radius 3 is 2.76 bits per heavy atom. The molecule has 6 N–H and O–H groups in total. The zero-order valence-electron chi connectivity index (χ0n) is 18.5. The molecule has 34 heavy (non-hydrogen) atoms. The zero-order valence-corrected chi connectivity index (χ0v) is 18.5. The van der Waals surface area contributed by atoms with Gasteiger partial charge in [0.1, 0.15) is 5.70 Å². The number of alkyl halides is 2. The molecule has 14 heteroatoms. The largest absolute Gasteiger partial charge is 0.393 e. The molecular weight excluding hydrogens is 450 g/mol. The third kappa shape index (κ3) is 8.04. The maximum absolute atomic E-state index is 12.8. The Balaban J connectivity index is 1.30. The van der Waals surface area contributed by atoms with Gasteiger partial charge in [0, 0.05) is 25.5 Å². The fourth-order valence-electron chi connectivity index (χ4n) is 3.22. The molecule has 0 unspecified atom stereocenters. The number of nitrogens with zero attached hydrogens (tertiary/aromatic N) is 6. The van der Waals surface area contributed by atoms with Crippen LogP contribution in [0.3, 0.4) is 0 Å². The summed E-state index contributed by atoms with van der Waals surface area (Å²) in [5, 5.41) is 14.3. The summed E-state index contributed by atoms with van der Waals surface area (Å²) in [7, 11) is 0. The summed E-state index contributed by atoms with van der Waals surface area (Å²) in [6, 6.07) is 5.40. The molecule has 3 rings (SSSR count). The van der Waals surface area contributed by atoms with Crippen LogP contribution in [0.1, 0.15) is 18.5 Å². The molecule has 1 saturated heterocycles. The quantitative estimate of drug-likeness (QED) is 0.138. The van der Waals surface area contributed by atoms with E-state index in [9.17, 15) is 18.4 Å². The monoisotopic (exact) mass is 478 g/mol. The van der Waals surface area contributed by atoms with Gasteiger partial charge in [0.2, 0.25) is 5.91 Å². The number of halogens is 2. The van der Waals surface area contributed by atoms with E-state index in [1.807, 2.05) is 6.07 Å². The highest BCUT2D eigenvalue weighted by molar-refractivity contribution is 5.92. The van der Waals surface area contributed by atoms with E-state index in [0.717, 1.165) is 0 Å². The zero-order chi connectivity index (χ0) is 24.6. The van der Waals surface area contributed by atoms with E-state index in [-0.39, 0.29) is 24.6 Å². The first-order valence-corrected chi connectivity index (χ1v) is 10.7. The highest BCUT2D eigenvalue weighted by Crippen LogP contribution is 2.25. The summed E-state index contributed by atoms with van der Waals surface area (Å²) in [5.41, 5.74) is 6.48. The number of hydrogen-bond donors (Lipinski definition) is 4. The third-order valence-corrected chi connectivity index (χ3v) is 4.86. The summed E-state index contributed by atoms with van der Waals surface area (Å²) in [4.78, 5) is 29.4. The lowest BCUT2D eigenvalue weighted by molar-refractivity contribution is -0.141. The van der Waals surface area contributed by atoms with Crippen LogP contribution in [0.25, 0.3) is 0 Å². The average Bonchev–Trinajstić information content (AvgIpc) is 3.21. The van der Waals surface area contributed by atoms with Crippen LogP contribution in [0.2, 0.25) is 0 Å². The average molecular weight is 479 g/mol. The predicted molar refractivity (Wildman–Crippen MR) is 119 cm³/mol. The molecule has 0 saturated carbocycles. The third-order valence-electron chi connectivity index (χ3n) is 4.86. The Morgan fingerprint density at radius 2 is 2.06 bits per heavy atom. The van der Waals surface area contributed by atoms with Crippen LogP contribution in [0.15, 0.2) is 42.5 Å². The number of amides is 2. The number of rotatable bonds is 12.